The maximum Gasteiger partial charge on any atom is 0.185 e. The van der Waals surface area contributed by atoms with Crippen LogP contribution in [0.4, 0.5) is 0 Å². The molecule has 0 aliphatic rings. The molecule has 0 amide bonds. The Labute approximate surface area is 187 Å². The van der Waals surface area contributed by atoms with Crippen LogP contribution in [0.25, 0.3) is 17.2 Å². The van der Waals surface area contributed by atoms with Crippen LogP contribution in [0.5, 0.6) is 5.75 Å². The Morgan fingerprint density at radius 1 is 0.767 bits per heavy atom. The molecular formula is C27H27BrO2. The maximum absolute atomic E-state index is 12.2. The summed E-state index contributed by atoms with van der Waals surface area (Å²) in [5, 5.41) is 1.08. The number of benzene rings is 3. The second-order valence-corrected chi connectivity index (χ2v) is 7.95. The van der Waals surface area contributed by atoms with Gasteiger partial charge in [0.2, 0.25) is 0 Å². The summed E-state index contributed by atoms with van der Waals surface area (Å²) in [6.07, 6.45) is 8.26. The molecule has 3 aromatic carbocycles. The van der Waals surface area contributed by atoms with Crippen LogP contribution in [0.1, 0.15) is 41.6 Å². The summed E-state index contributed by atoms with van der Waals surface area (Å²) in [7, 11) is 0. The van der Waals surface area contributed by atoms with E-state index in [9.17, 15) is 4.79 Å². The van der Waals surface area contributed by atoms with Crippen LogP contribution >= 0.6 is 15.9 Å². The highest BCUT2D eigenvalue weighted by Crippen LogP contribution is 2.23. The summed E-state index contributed by atoms with van der Waals surface area (Å²) < 4.78 is 5.83. The van der Waals surface area contributed by atoms with Gasteiger partial charge < -0.3 is 4.74 Å². The minimum absolute atomic E-state index is 0.0124. The van der Waals surface area contributed by atoms with Gasteiger partial charge in [-0.3, -0.25) is 4.79 Å². The van der Waals surface area contributed by atoms with E-state index in [1.807, 2.05) is 60.7 Å². The van der Waals surface area contributed by atoms with E-state index >= 15 is 0 Å². The molecule has 0 spiro atoms. The molecule has 0 fully saturated rings. The summed E-state index contributed by atoms with van der Waals surface area (Å²) in [4.78, 5) is 12.2. The molecule has 0 N–H and O–H groups in total. The molecule has 154 valence electrons. The van der Waals surface area contributed by atoms with Gasteiger partial charge in [-0.05, 0) is 47.7 Å². The molecular weight excluding hydrogens is 436 g/mol. The first kappa shape index (κ1) is 22.0. The van der Waals surface area contributed by atoms with Gasteiger partial charge in [-0.1, -0.05) is 102 Å². The average Bonchev–Trinajstić information content (AvgIpc) is 2.81. The van der Waals surface area contributed by atoms with Crippen molar-refractivity contribution < 1.29 is 9.53 Å². The second kappa shape index (κ2) is 12.1. The topological polar surface area (TPSA) is 26.3 Å². The van der Waals surface area contributed by atoms with Crippen LogP contribution in [0.15, 0.2) is 84.9 Å². The predicted molar refractivity (Wildman–Crippen MR) is 129 cm³/mol. The van der Waals surface area contributed by atoms with Crippen molar-refractivity contribution in [1.29, 1.82) is 0 Å². The van der Waals surface area contributed by atoms with Gasteiger partial charge in [0.1, 0.15) is 5.75 Å². The number of carbonyl (C=O) groups is 1. The lowest BCUT2D eigenvalue weighted by molar-refractivity contribution is 0.104. The fourth-order valence-corrected chi connectivity index (χ4v) is 3.54. The normalized spacial score (nSPS) is 11.0. The summed E-state index contributed by atoms with van der Waals surface area (Å²) >= 11 is 3.46. The van der Waals surface area contributed by atoms with Gasteiger partial charge in [0.05, 0.1) is 6.61 Å². The van der Waals surface area contributed by atoms with Gasteiger partial charge in [-0.15, -0.1) is 0 Å². The van der Waals surface area contributed by atoms with E-state index in [1.54, 1.807) is 6.08 Å². The zero-order valence-corrected chi connectivity index (χ0v) is 18.7. The van der Waals surface area contributed by atoms with Crippen molar-refractivity contribution in [1.82, 2.24) is 0 Å². The molecule has 2 nitrogen and oxygen atoms in total. The standard InChI is InChI=1S/C27H27BrO2/c28-20-6-1-2-7-21-30-26-17-15-24(16-18-26)23-13-10-22(11-14-23)12-19-27(29)25-8-4-3-5-9-25/h3-5,8-19H,1-2,6-7,20-21H2. The van der Waals surface area contributed by atoms with Crippen LogP contribution in [0, 0.1) is 0 Å². The third-order valence-corrected chi connectivity index (χ3v) is 5.44. The van der Waals surface area contributed by atoms with Crippen molar-refractivity contribution in [2.24, 2.45) is 0 Å². The quantitative estimate of drug-likeness (QED) is 0.127. The Hall–Kier alpha value is -2.65. The number of alkyl halides is 1. The molecule has 3 heteroatoms. The first-order valence-electron chi connectivity index (χ1n) is 10.4. The van der Waals surface area contributed by atoms with Crippen molar-refractivity contribution in [3.63, 3.8) is 0 Å². The molecule has 0 aromatic heterocycles. The highest BCUT2D eigenvalue weighted by Gasteiger charge is 2.01. The summed E-state index contributed by atoms with van der Waals surface area (Å²) in [6, 6.07) is 25.7. The van der Waals surface area contributed by atoms with Crippen molar-refractivity contribution in [3.8, 4) is 16.9 Å². The molecule has 0 radical (unpaired) electrons. The minimum atomic E-state index is 0.0124. The molecule has 0 aliphatic heterocycles. The Morgan fingerprint density at radius 3 is 2.07 bits per heavy atom. The number of ether oxygens (including phenoxy) is 1. The first-order valence-corrected chi connectivity index (χ1v) is 11.5. The summed E-state index contributed by atoms with van der Waals surface area (Å²) in [5.41, 5.74) is 3.99. The number of ketones is 1. The number of allylic oxidation sites excluding steroid dienone is 1. The number of carbonyl (C=O) groups excluding carboxylic acids is 1. The fraction of sp³-hybridized carbons (Fsp3) is 0.222. The monoisotopic (exact) mass is 462 g/mol. The number of unbranched alkanes of at least 4 members (excludes halogenated alkanes) is 3. The van der Waals surface area contributed by atoms with Crippen molar-refractivity contribution in [2.45, 2.75) is 25.7 Å². The first-order chi connectivity index (χ1) is 14.8. The average molecular weight is 463 g/mol. The third kappa shape index (κ3) is 7.00. The molecule has 0 unspecified atom stereocenters. The fourth-order valence-electron chi connectivity index (χ4n) is 3.14. The van der Waals surface area contributed by atoms with E-state index in [2.05, 4.69) is 40.2 Å². The van der Waals surface area contributed by atoms with E-state index in [1.165, 1.54) is 19.3 Å². The Bertz CT molecular complexity index is 929. The highest BCUT2D eigenvalue weighted by atomic mass is 79.9. The zero-order chi connectivity index (χ0) is 21.0. The highest BCUT2D eigenvalue weighted by molar-refractivity contribution is 9.09. The molecule has 0 saturated heterocycles. The molecule has 0 saturated carbocycles. The van der Waals surface area contributed by atoms with E-state index < -0.39 is 0 Å². The van der Waals surface area contributed by atoms with Crippen molar-refractivity contribution >= 4 is 27.8 Å². The largest absolute Gasteiger partial charge is 0.494 e. The maximum atomic E-state index is 12.2. The Kier molecular flexibility index (Phi) is 8.92. The predicted octanol–water partition coefficient (Wildman–Crippen LogP) is 7.58. The molecule has 0 bridgehead atoms. The smallest absolute Gasteiger partial charge is 0.185 e. The molecule has 0 heterocycles. The van der Waals surface area contributed by atoms with Crippen molar-refractivity contribution in [3.05, 3.63) is 96.1 Å². The van der Waals surface area contributed by atoms with Crippen LogP contribution in [0.3, 0.4) is 0 Å². The molecule has 0 atom stereocenters. The van der Waals surface area contributed by atoms with Crippen molar-refractivity contribution in [2.75, 3.05) is 11.9 Å². The molecule has 3 rings (SSSR count). The number of hydrogen-bond acceptors (Lipinski definition) is 2. The van der Waals surface area contributed by atoms with Crippen LogP contribution in [-0.2, 0) is 0 Å². The van der Waals surface area contributed by atoms with Crippen LogP contribution in [-0.4, -0.2) is 17.7 Å². The Morgan fingerprint density at radius 2 is 1.40 bits per heavy atom. The lowest BCUT2D eigenvalue weighted by atomic mass is 10.0. The zero-order valence-electron chi connectivity index (χ0n) is 17.1. The second-order valence-electron chi connectivity index (χ2n) is 7.16. The van der Waals surface area contributed by atoms with Gasteiger partial charge in [-0.2, -0.15) is 0 Å². The molecule has 0 aliphatic carbocycles. The summed E-state index contributed by atoms with van der Waals surface area (Å²) in [5.74, 6) is 0.927. The van der Waals surface area contributed by atoms with E-state index in [0.29, 0.717) is 5.56 Å². The van der Waals surface area contributed by atoms with Gasteiger partial charge >= 0.3 is 0 Å². The van der Waals surface area contributed by atoms with E-state index in [4.69, 9.17) is 4.74 Å². The lowest BCUT2D eigenvalue weighted by Crippen LogP contribution is -1.97. The van der Waals surface area contributed by atoms with Gasteiger partial charge in [0.15, 0.2) is 5.78 Å². The third-order valence-electron chi connectivity index (χ3n) is 4.88. The van der Waals surface area contributed by atoms with Crippen LogP contribution in [0.2, 0.25) is 0 Å². The van der Waals surface area contributed by atoms with Gasteiger partial charge in [0, 0.05) is 10.9 Å². The van der Waals surface area contributed by atoms with Gasteiger partial charge in [-0.25, -0.2) is 0 Å². The minimum Gasteiger partial charge on any atom is -0.494 e. The Balaban J connectivity index is 1.52. The van der Waals surface area contributed by atoms with E-state index in [0.717, 1.165) is 40.8 Å². The SMILES string of the molecule is O=C(C=Cc1ccc(-c2ccc(OCCCCCCBr)cc2)cc1)c1ccccc1. The number of halogens is 1. The number of rotatable bonds is 11. The molecule has 3 aromatic rings. The van der Waals surface area contributed by atoms with E-state index in [-0.39, 0.29) is 5.78 Å². The molecule has 30 heavy (non-hydrogen) atoms. The summed E-state index contributed by atoms with van der Waals surface area (Å²) in [6.45, 7) is 0.768. The number of hydrogen-bond donors (Lipinski definition) is 0. The lowest BCUT2D eigenvalue weighted by Gasteiger charge is -2.08. The van der Waals surface area contributed by atoms with Crippen LogP contribution < -0.4 is 4.74 Å². The van der Waals surface area contributed by atoms with Gasteiger partial charge in [0.25, 0.3) is 0 Å².